The molecular weight excluding hydrogens is 184 g/mol. The fourth-order valence-corrected chi connectivity index (χ4v) is 0.800. The molecule has 5 nitrogen and oxygen atoms in total. The molecule has 0 spiro atoms. The molecule has 0 aromatic carbocycles. The van der Waals surface area contributed by atoms with Crippen molar-refractivity contribution in [1.29, 1.82) is 0 Å². The van der Waals surface area contributed by atoms with Crippen molar-refractivity contribution in [3.05, 3.63) is 30.1 Å². The molecule has 0 fully saturated rings. The number of carbonyl (C=O) groups excluding carboxylic acids is 2. The van der Waals surface area contributed by atoms with Crippen LogP contribution < -0.4 is 14.8 Å². The third kappa shape index (κ3) is 4.20. The molecule has 1 aromatic heterocycles. The Kier molecular flexibility index (Phi) is 5.69. The van der Waals surface area contributed by atoms with E-state index in [2.05, 4.69) is 0 Å². The lowest BCUT2D eigenvalue weighted by Gasteiger charge is -2.03. The number of carboxylic acid groups (broad SMARTS) is 1. The standard InChI is InChI=1S/C8H11N2O.CH2O2/c1-9(2)10-5-3-4-8(6-10)7-11;2-1-3/h3-7H,1-2H3;1H,(H,2,3)/q+1;/p-1. The smallest absolute Gasteiger partial charge is 0.210 e. The Hall–Kier alpha value is -1.91. The predicted octanol–water partition coefficient (Wildman–Crippen LogP) is -1.65. The summed E-state index contributed by atoms with van der Waals surface area (Å²) in [6, 6.07) is 3.61. The average Bonchev–Trinajstić information content (AvgIpc) is 2.19. The Morgan fingerprint density at radius 1 is 1.43 bits per heavy atom. The van der Waals surface area contributed by atoms with Gasteiger partial charge >= 0.3 is 0 Å². The Morgan fingerprint density at radius 2 is 2.00 bits per heavy atom. The minimum Gasteiger partial charge on any atom is -0.554 e. The van der Waals surface area contributed by atoms with Crippen LogP contribution in [0.3, 0.4) is 0 Å². The molecule has 0 bridgehead atoms. The second-order valence-electron chi connectivity index (χ2n) is 2.58. The number of pyridine rings is 1. The van der Waals surface area contributed by atoms with E-state index in [9.17, 15) is 4.79 Å². The van der Waals surface area contributed by atoms with Crippen LogP contribution in [0.4, 0.5) is 0 Å². The van der Waals surface area contributed by atoms with Crippen molar-refractivity contribution in [3.8, 4) is 0 Å². The summed E-state index contributed by atoms with van der Waals surface area (Å²) in [6.07, 6.45) is 4.49. The topological polar surface area (TPSA) is 64.3 Å². The van der Waals surface area contributed by atoms with Crippen LogP contribution in [0, 0.1) is 0 Å². The molecule has 0 atom stereocenters. The van der Waals surface area contributed by atoms with Crippen molar-refractivity contribution in [2.24, 2.45) is 0 Å². The highest BCUT2D eigenvalue weighted by Gasteiger charge is 2.01. The van der Waals surface area contributed by atoms with Crippen LogP contribution in [-0.4, -0.2) is 26.9 Å². The van der Waals surface area contributed by atoms with Crippen molar-refractivity contribution in [2.45, 2.75) is 0 Å². The molecule has 1 heterocycles. The summed E-state index contributed by atoms with van der Waals surface area (Å²) in [5, 5.41) is 10.1. The second-order valence-corrected chi connectivity index (χ2v) is 2.58. The highest BCUT2D eigenvalue weighted by atomic mass is 16.3. The predicted molar refractivity (Wildman–Crippen MR) is 48.2 cm³/mol. The van der Waals surface area contributed by atoms with Gasteiger partial charge in [0.1, 0.15) is 0 Å². The number of aldehydes is 1. The SMILES string of the molecule is CN(C)[n+]1cccc(C=O)c1.O=C[O-]. The quantitative estimate of drug-likeness (QED) is 0.420. The lowest BCUT2D eigenvalue weighted by molar-refractivity contribution is -0.687. The van der Waals surface area contributed by atoms with Crippen LogP contribution in [0.15, 0.2) is 24.5 Å². The number of carbonyl (C=O) groups is 2. The molecule has 0 saturated heterocycles. The molecule has 0 amide bonds. The van der Waals surface area contributed by atoms with Gasteiger partial charge in [-0.15, -0.1) is 0 Å². The fraction of sp³-hybridized carbons (Fsp3) is 0.222. The normalized spacial score (nSPS) is 8.14. The first-order chi connectivity index (χ1) is 6.65. The first-order valence-electron chi connectivity index (χ1n) is 3.85. The van der Waals surface area contributed by atoms with Crippen molar-refractivity contribution >= 4 is 12.8 Å². The third-order valence-corrected chi connectivity index (χ3v) is 1.41. The largest absolute Gasteiger partial charge is 0.554 e. The first kappa shape index (κ1) is 12.1. The molecule has 0 saturated carbocycles. The van der Waals surface area contributed by atoms with Crippen molar-refractivity contribution in [2.75, 3.05) is 19.1 Å². The Morgan fingerprint density at radius 3 is 2.43 bits per heavy atom. The lowest BCUT2D eigenvalue weighted by Crippen LogP contribution is -2.52. The van der Waals surface area contributed by atoms with Crippen LogP contribution in [0.1, 0.15) is 10.4 Å². The van der Waals surface area contributed by atoms with Crippen LogP contribution in [0.5, 0.6) is 0 Å². The molecule has 0 aliphatic carbocycles. The van der Waals surface area contributed by atoms with Crippen LogP contribution in [0.2, 0.25) is 0 Å². The number of nitrogens with zero attached hydrogens (tertiary/aromatic N) is 2. The Bertz CT molecular complexity index is 300. The van der Waals surface area contributed by atoms with Gasteiger partial charge in [-0.3, -0.25) is 4.79 Å². The van der Waals surface area contributed by atoms with E-state index in [1.165, 1.54) is 0 Å². The highest BCUT2D eigenvalue weighted by Crippen LogP contribution is 1.87. The summed E-state index contributed by atoms with van der Waals surface area (Å²) in [4.78, 5) is 18.6. The number of aromatic nitrogens is 1. The van der Waals surface area contributed by atoms with Gasteiger partial charge < -0.3 is 9.90 Å². The summed E-state index contributed by atoms with van der Waals surface area (Å²) in [7, 11) is 3.82. The van der Waals surface area contributed by atoms with Crippen molar-refractivity contribution in [1.82, 2.24) is 0 Å². The third-order valence-electron chi connectivity index (χ3n) is 1.41. The molecule has 0 radical (unpaired) electrons. The monoisotopic (exact) mass is 196 g/mol. The van der Waals surface area contributed by atoms with E-state index in [4.69, 9.17) is 9.90 Å². The zero-order valence-corrected chi connectivity index (χ0v) is 8.08. The van der Waals surface area contributed by atoms with Gasteiger partial charge in [-0.2, -0.15) is 5.01 Å². The zero-order valence-electron chi connectivity index (χ0n) is 8.08. The van der Waals surface area contributed by atoms with Gasteiger partial charge in [-0.05, 0) is 6.07 Å². The van der Waals surface area contributed by atoms with Gasteiger partial charge in [-0.25, -0.2) is 0 Å². The summed E-state index contributed by atoms with van der Waals surface area (Å²) in [5.74, 6) is 0. The molecule has 0 aliphatic rings. The van der Waals surface area contributed by atoms with Gasteiger partial charge in [0.15, 0.2) is 12.5 Å². The molecule has 76 valence electrons. The molecule has 0 N–H and O–H groups in total. The Labute approximate surface area is 82.2 Å². The van der Waals surface area contributed by atoms with Crippen LogP contribution >= 0.6 is 0 Å². The molecule has 1 aromatic rings. The Balaban J connectivity index is 0.000000500. The molecule has 14 heavy (non-hydrogen) atoms. The molecule has 0 aliphatic heterocycles. The zero-order chi connectivity index (χ0) is 11.0. The first-order valence-corrected chi connectivity index (χ1v) is 3.85. The maximum Gasteiger partial charge on any atom is 0.210 e. The van der Waals surface area contributed by atoms with Gasteiger partial charge in [0.05, 0.1) is 19.7 Å². The summed E-state index contributed by atoms with van der Waals surface area (Å²) in [6.45, 7) is -0.500. The molecular formula is C9H12N2O3. The molecule has 5 heteroatoms. The summed E-state index contributed by atoms with van der Waals surface area (Å²) in [5.41, 5.74) is 0.682. The van der Waals surface area contributed by atoms with E-state index in [1.807, 2.05) is 36.0 Å². The van der Waals surface area contributed by atoms with E-state index in [0.717, 1.165) is 6.29 Å². The number of hydrogen-bond donors (Lipinski definition) is 0. The van der Waals surface area contributed by atoms with E-state index in [0.29, 0.717) is 5.56 Å². The minimum absolute atomic E-state index is 0.500. The minimum atomic E-state index is -0.500. The number of hydrogen-bond acceptors (Lipinski definition) is 4. The van der Waals surface area contributed by atoms with Crippen LogP contribution in [0.25, 0.3) is 0 Å². The maximum absolute atomic E-state index is 10.3. The molecule has 1 rings (SSSR count). The maximum atomic E-state index is 10.3. The van der Waals surface area contributed by atoms with E-state index < -0.39 is 6.47 Å². The molecule has 0 unspecified atom stereocenters. The average molecular weight is 196 g/mol. The van der Waals surface area contributed by atoms with E-state index in [-0.39, 0.29) is 0 Å². The van der Waals surface area contributed by atoms with Gasteiger partial charge in [0.25, 0.3) is 0 Å². The van der Waals surface area contributed by atoms with Gasteiger partial charge in [0, 0.05) is 12.5 Å². The summed E-state index contributed by atoms with van der Waals surface area (Å²) < 4.78 is 1.84. The van der Waals surface area contributed by atoms with Gasteiger partial charge in [0.2, 0.25) is 6.20 Å². The summed E-state index contributed by atoms with van der Waals surface area (Å²) >= 11 is 0. The van der Waals surface area contributed by atoms with Crippen LogP contribution in [-0.2, 0) is 4.79 Å². The fourth-order valence-electron chi connectivity index (χ4n) is 0.800. The van der Waals surface area contributed by atoms with Crippen molar-refractivity contribution < 1.29 is 19.4 Å². The van der Waals surface area contributed by atoms with Crippen molar-refractivity contribution in [3.63, 3.8) is 0 Å². The number of rotatable bonds is 2. The lowest BCUT2D eigenvalue weighted by atomic mass is 10.3. The van der Waals surface area contributed by atoms with E-state index in [1.54, 1.807) is 12.3 Å². The van der Waals surface area contributed by atoms with Gasteiger partial charge in [-0.1, -0.05) is 4.68 Å². The van der Waals surface area contributed by atoms with E-state index >= 15 is 0 Å². The second kappa shape index (κ2) is 6.59. The highest BCUT2D eigenvalue weighted by molar-refractivity contribution is 5.73.